The summed E-state index contributed by atoms with van der Waals surface area (Å²) in [7, 11) is 1.91. The molecule has 1 heterocycles. The van der Waals surface area contributed by atoms with Crippen LogP contribution in [0.4, 0.5) is 0 Å². The number of carbonyl (C=O) groups excluding carboxylic acids is 1. The summed E-state index contributed by atoms with van der Waals surface area (Å²) in [5.74, 6) is 0.569. The molecule has 0 aliphatic carbocycles. The molecule has 84 valence electrons. The zero-order chi connectivity index (χ0) is 11.3. The van der Waals surface area contributed by atoms with Gasteiger partial charge in [-0.05, 0) is 13.3 Å². The Labute approximate surface area is 88.7 Å². The minimum atomic E-state index is -1.02. The molecular formula is C10H16N2O3. The molecule has 0 fully saturated rings. The number of imidazole rings is 1. The van der Waals surface area contributed by atoms with Gasteiger partial charge in [-0.1, -0.05) is 0 Å². The third-order valence-corrected chi connectivity index (χ3v) is 2.00. The van der Waals surface area contributed by atoms with Crippen molar-refractivity contribution in [3.63, 3.8) is 0 Å². The predicted molar refractivity (Wildman–Crippen MR) is 53.9 cm³/mol. The van der Waals surface area contributed by atoms with Crippen molar-refractivity contribution in [1.82, 2.24) is 9.55 Å². The van der Waals surface area contributed by atoms with E-state index in [1.165, 1.54) is 6.92 Å². The van der Waals surface area contributed by atoms with Crippen molar-refractivity contribution in [3.8, 4) is 0 Å². The van der Waals surface area contributed by atoms with Crippen molar-refractivity contribution in [3.05, 3.63) is 18.2 Å². The van der Waals surface area contributed by atoms with E-state index in [4.69, 9.17) is 5.11 Å². The van der Waals surface area contributed by atoms with Crippen LogP contribution < -0.4 is 0 Å². The second kappa shape index (κ2) is 5.50. The molecule has 1 aromatic rings. The molecule has 0 saturated heterocycles. The maximum absolute atomic E-state index is 11.1. The van der Waals surface area contributed by atoms with Gasteiger partial charge in [0.2, 0.25) is 0 Å². The summed E-state index contributed by atoms with van der Waals surface area (Å²) in [5, 5.41) is 8.79. The van der Waals surface area contributed by atoms with Crippen LogP contribution >= 0.6 is 0 Å². The molecule has 15 heavy (non-hydrogen) atoms. The third kappa shape index (κ3) is 4.12. The number of rotatable bonds is 5. The number of esters is 1. The zero-order valence-electron chi connectivity index (χ0n) is 9.01. The van der Waals surface area contributed by atoms with E-state index in [1.54, 1.807) is 6.20 Å². The van der Waals surface area contributed by atoms with E-state index in [-0.39, 0.29) is 5.97 Å². The predicted octanol–water partition coefficient (Wildman–Crippen LogP) is 0.624. The largest absolute Gasteiger partial charge is 0.436 e. The summed E-state index contributed by atoms with van der Waals surface area (Å²) in [5.41, 5.74) is 0. The van der Waals surface area contributed by atoms with Gasteiger partial charge < -0.3 is 14.4 Å². The molecule has 0 aliphatic rings. The smallest absolute Gasteiger partial charge is 0.308 e. The fourth-order valence-corrected chi connectivity index (χ4v) is 1.28. The summed E-state index contributed by atoms with van der Waals surface area (Å²) in [4.78, 5) is 15.2. The van der Waals surface area contributed by atoms with Crippen LogP contribution in [0.2, 0.25) is 0 Å². The van der Waals surface area contributed by atoms with Crippen LogP contribution in [-0.2, 0) is 23.0 Å². The number of aliphatic hydroxyl groups excluding tert-OH is 1. The Hall–Kier alpha value is -1.36. The van der Waals surface area contributed by atoms with Crippen LogP contribution in [0, 0.1) is 0 Å². The molecule has 1 N–H and O–H groups in total. The number of aryl methyl sites for hydroxylation is 2. The normalized spacial score (nSPS) is 12.5. The number of aliphatic hydroxyl groups is 1. The molecule has 1 unspecified atom stereocenters. The molecule has 0 aliphatic heterocycles. The molecule has 0 amide bonds. The van der Waals surface area contributed by atoms with Gasteiger partial charge in [0.15, 0.2) is 6.29 Å². The molecule has 0 saturated carbocycles. The Morgan fingerprint density at radius 2 is 2.47 bits per heavy atom. The van der Waals surface area contributed by atoms with Gasteiger partial charge >= 0.3 is 5.97 Å². The van der Waals surface area contributed by atoms with Crippen LogP contribution in [0.3, 0.4) is 0 Å². The summed E-state index contributed by atoms with van der Waals surface area (Å²) >= 11 is 0. The minimum absolute atomic E-state index is 0.303. The number of aromatic nitrogens is 2. The standard InChI is InChI=1S/C10H16N2O3/c1-8(13)15-10(14)5-3-4-9-11-6-7-12(9)2/h6-8,13H,3-5H2,1-2H3. The molecule has 0 radical (unpaired) electrons. The first-order valence-corrected chi connectivity index (χ1v) is 4.93. The molecule has 5 heteroatoms. The Morgan fingerprint density at radius 3 is 3.00 bits per heavy atom. The van der Waals surface area contributed by atoms with E-state index >= 15 is 0 Å². The van der Waals surface area contributed by atoms with E-state index in [0.29, 0.717) is 12.8 Å². The summed E-state index contributed by atoms with van der Waals surface area (Å²) in [6, 6.07) is 0. The highest BCUT2D eigenvalue weighted by Crippen LogP contribution is 2.03. The van der Waals surface area contributed by atoms with E-state index in [0.717, 1.165) is 12.2 Å². The van der Waals surface area contributed by atoms with Crippen LogP contribution in [0.1, 0.15) is 25.6 Å². The van der Waals surface area contributed by atoms with Gasteiger partial charge in [-0.2, -0.15) is 0 Å². The van der Waals surface area contributed by atoms with Crippen molar-refractivity contribution < 1.29 is 14.6 Å². The molecule has 0 aromatic carbocycles. The fourth-order valence-electron chi connectivity index (χ4n) is 1.28. The number of nitrogens with zero attached hydrogens (tertiary/aromatic N) is 2. The van der Waals surface area contributed by atoms with E-state index in [2.05, 4.69) is 9.72 Å². The molecule has 5 nitrogen and oxygen atoms in total. The van der Waals surface area contributed by atoms with E-state index in [1.807, 2.05) is 17.8 Å². The first-order valence-electron chi connectivity index (χ1n) is 4.93. The Balaban J connectivity index is 2.22. The summed E-state index contributed by atoms with van der Waals surface area (Å²) < 4.78 is 6.51. The Bertz CT molecular complexity index is 320. The first kappa shape index (κ1) is 11.7. The average molecular weight is 212 g/mol. The Morgan fingerprint density at radius 1 is 1.73 bits per heavy atom. The van der Waals surface area contributed by atoms with Gasteiger partial charge in [0, 0.05) is 32.3 Å². The third-order valence-electron chi connectivity index (χ3n) is 2.00. The molecule has 0 bridgehead atoms. The molecule has 1 atom stereocenters. The number of hydrogen-bond donors (Lipinski definition) is 1. The monoisotopic (exact) mass is 212 g/mol. The van der Waals surface area contributed by atoms with Crippen molar-refractivity contribution in [2.24, 2.45) is 7.05 Å². The van der Waals surface area contributed by atoms with Gasteiger partial charge in [-0.15, -0.1) is 0 Å². The lowest BCUT2D eigenvalue weighted by Crippen LogP contribution is -2.13. The second-order valence-electron chi connectivity index (χ2n) is 3.40. The molecule has 1 aromatic heterocycles. The molecule has 1 rings (SSSR count). The van der Waals surface area contributed by atoms with Gasteiger partial charge in [-0.25, -0.2) is 4.98 Å². The van der Waals surface area contributed by atoms with Gasteiger partial charge in [0.05, 0.1) is 0 Å². The van der Waals surface area contributed by atoms with Crippen molar-refractivity contribution >= 4 is 5.97 Å². The highest BCUT2D eigenvalue weighted by molar-refractivity contribution is 5.69. The second-order valence-corrected chi connectivity index (χ2v) is 3.40. The lowest BCUT2D eigenvalue weighted by molar-refractivity contribution is -0.164. The lowest BCUT2D eigenvalue weighted by atomic mass is 10.2. The first-order chi connectivity index (χ1) is 7.09. The minimum Gasteiger partial charge on any atom is -0.436 e. The van der Waals surface area contributed by atoms with Crippen molar-refractivity contribution in [2.75, 3.05) is 0 Å². The SMILES string of the molecule is CC(O)OC(=O)CCCc1nccn1C. The van der Waals surface area contributed by atoms with Gasteiger partial charge in [0.25, 0.3) is 0 Å². The van der Waals surface area contributed by atoms with Crippen molar-refractivity contribution in [2.45, 2.75) is 32.5 Å². The quantitative estimate of drug-likeness (QED) is 0.574. The van der Waals surface area contributed by atoms with Crippen LogP contribution in [-0.4, -0.2) is 26.9 Å². The van der Waals surface area contributed by atoms with Crippen LogP contribution in [0.15, 0.2) is 12.4 Å². The number of ether oxygens (including phenoxy) is 1. The highest BCUT2D eigenvalue weighted by atomic mass is 16.6. The zero-order valence-corrected chi connectivity index (χ0v) is 9.01. The molecule has 0 spiro atoms. The fraction of sp³-hybridized carbons (Fsp3) is 0.600. The summed E-state index contributed by atoms with van der Waals surface area (Å²) in [6.45, 7) is 1.41. The van der Waals surface area contributed by atoms with E-state index < -0.39 is 6.29 Å². The number of carbonyl (C=O) groups is 1. The van der Waals surface area contributed by atoms with Gasteiger partial charge in [-0.3, -0.25) is 4.79 Å². The van der Waals surface area contributed by atoms with Crippen LogP contribution in [0.25, 0.3) is 0 Å². The summed E-state index contributed by atoms with van der Waals surface area (Å²) in [6.07, 6.45) is 4.28. The van der Waals surface area contributed by atoms with Gasteiger partial charge in [0.1, 0.15) is 5.82 Å². The number of hydrogen-bond acceptors (Lipinski definition) is 4. The maximum Gasteiger partial charge on any atom is 0.308 e. The topological polar surface area (TPSA) is 64.3 Å². The maximum atomic E-state index is 11.1. The Kier molecular flexibility index (Phi) is 4.30. The average Bonchev–Trinajstić information content (AvgIpc) is 2.50. The highest BCUT2D eigenvalue weighted by Gasteiger charge is 2.07. The molecular weight excluding hydrogens is 196 g/mol. The van der Waals surface area contributed by atoms with Crippen LogP contribution in [0.5, 0.6) is 0 Å². The van der Waals surface area contributed by atoms with E-state index in [9.17, 15) is 4.79 Å². The van der Waals surface area contributed by atoms with Crippen molar-refractivity contribution in [1.29, 1.82) is 0 Å². The lowest BCUT2D eigenvalue weighted by Gasteiger charge is -2.06.